The largest absolute Gasteiger partial charge is 0.382 e. The Morgan fingerprint density at radius 2 is 1.91 bits per heavy atom. The molecule has 0 radical (unpaired) electrons. The number of hydrogen-bond donors (Lipinski definition) is 1. The first kappa shape index (κ1) is 18.0. The van der Waals surface area contributed by atoms with Crippen LogP contribution in [0.15, 0.2) is 24.3 Å². The number of hydrogen-bond acceptors (Lipinski definition) is 5. The van der Waals surface area contributed by atoms with E-state index in [4.69, 9.17) is 9.47 Å². The summed E-state index contributed by atoms with van der Waals surface area (Å²) in [6.45, 7) is 3.08. The van der Waals surface area contributed by atoms with Crippen molar-refractivity contribution in [3.63, 3.8) is 0 Å². The van der Waals surface area contributed by atoms with Gasteiger partial charge in [-0.3, -0.25) is 4.72 Å². The van der Waals surface area contributed by atoms with Crippen molar-refractivity contribution in [1.82, 2.24) is 0 Å². The van der Waals surface area contributed by atoms with Crippen molar-refractivity contribution in [3.05, 3.63) is 24.3 Å². The molecule has 0 saturated carbocycles. The fraction of sp³-hybridized carbons (Fsp3) is 0.625. The summed E-state index contributed by atoms with van der Waals surface area (Å²) in [6.07, 6.45) is 3.65. The maximum absolute atomic E-state index is 12.1. The molecule has 1 heterocycles. The standard InChI is InChI=1S/C16H26N2O4S/c1-21-10-11-22-12-13-23(19,20)17-15-6-5-7-16(14-15)18-8-3-2-4-9-18/h5-7,14,17H,2-4,8-13H2,1H3. The summed E-state index contributed by atoms with van der Waals surface area (Å²) in [5.74, 6) is -0.0648. The van der Waals surface area contributed by atoms with E-state index >= 15 is 0 Å². The van der Waals surface area contributed by atoms with Crippen molar-refractivity contribution in [1.29, 1.82) is 0 Å². The van der Waals surface area contributed by atoms with E-state index in [1.54, 1.807) is 13.2 Å². The second-order valence-corrected chi connectivity index (χ2v) is 7.47. The molecule has 0 aliphatic carbocycles. The third-order valence-electron chi connectivity index (χ3n) is 3.77. The third-order valence-corrected chi connectivity index (χ3v) is 5.02. The number of rotatable bonds is 9. The topological polar surface area (TPSA) is 67.9 Å². The molecule has 0 spiro atoms. The summed E-state index contributed by atoms with van der Waals surface area (Å²) in [5.41, 5.74) is 1.67. The van der Waals surface area contributed by atoms with Crippen molar-refractivity contribution in [3.8, 4) is 0 Å². The minimum absolute atomic E-state index is 0.0648. The molecule has 130 valence electrons. The van der Waals surface area contributed by atoms with Gasteiger partial charge in [0.25, 0.3) is 0 Å². The zero-order valence-corrected chi connectivity index (χ0v) is 14.5. The summed E-state index contributed by atoms with van der Waals surface area (Å²) in [4.78, 5) is 2.30. The van der Waals surface area contributed by atoms with Gasteiger partial charge in [0.05, 0.1) is 31.3 Å². The summed E-state index contributed by atoms with van der Waals surface area (Å²) in [6, 6.07) is 7.58. The van der Waals surface area contributed by atoms with Crippen LogP contribution >= 0.6 is 0 Å². The van der Waals surface area contributed by atoms with Crippen molar-refractivity contribution in [2.45, 2.75) is 19.3 Å². The molecule has 1 N–H and O–H groups in total. The molecule has 2 rings (SSSR count). The molecular weight excluding hydrogens is 316 g/mol. The van der Waals surface area contributed by atoms with Crippen molar-refractivity contribution < 1.29 is 17.9 Å². The second kappa shape index (κ2) is 9.10. The van der Waals surface area contributed by atoms with E-state index in [0.29, 0.717) is 18.9 Å². The molecule has 0 unspecified atom stereocenters. The number of ether oxygens (including phenoxy) is 2. The highest BCUT2D eigenvalue weighted by Crippen LogP contribution is 2.23. The number of piperidine rings is 1. The summed E-state index contributed by atoms with van der Waals surface area (Å²) in [7, 11) is -1.82. The first-order valence-electron chi connectivity index (χ1n) is 8.03. The molecule has 7 heteroatoms. The number of nitrogens with one attached hydrogen (secondary N) is 1. The average Bonchev–Trinajstić information content (AvgIpc) is 2.55. The third kappa shape index (κ3) is 6.37. The van der Waals surface area contributed by atoms with E-state index in [2.05, 4.69) is 9.62 Å². The summed E-state index contributed by atoms with van der Waals surface area (Å²) >= 11 is 0. The predicted octanol–water partition coefficient (Wildman–Crippen LogP) is 2.08. The van der Waals surface area contributed by atoms with Crippen LogP contribution < -0.4 is 9.62 Å². The maximum Gasteiger partial charge on any atom is 0.235 e. The molecular formula is C16H26N2O4S. The molecule has 1 aromatic rings. The van der Waals surface area contributed by atoms with Crippen LogP contribution in [-0.2, 0) is 19.5 Å². The van der Waals surface area contributed by atoms with E-state index < -0.39 is 10.0 Å². The minimum atomic E-state index is -3.40. The van der Waals surface area contributed by atoms with Gasteiger partial charge in [0, 0.05) is 25.9 Å². The lowest BCUT2D eigenvalue weighted by Gasteiger charge is -2.29. The molecule has 0 amide bonds. The van der Waals surface area contributed by atoms with Crippen molar-refractivity contribution in [2.75, 3.05) is 55.4 Å². The van der Waals surface area contributed by atoms with Gasteiger partial charge in [-0.2, -0.15) is 0 Å². The van der Waals surface area contributed by atoms with Gasteiger partial charge in [0.15, 0.2) is 0 Å². The van der Waals surface area contributed by atoms with E-state index in [9.17, 15) is 8.42 Å². The van der Waals surface area contributed by atoms with Crippen LogP contribution in [0.4, 0.5) is 11.4 Å². The molecule has 0 atom stereocenters. The van der Waals surface area contributed by atoms with Gasteiger partial charge < -0.3 is 14.4 Å². The number of sulfonamides is 1. The van der Waals surface area contributed by atoms with E-state index in [1.807, 2.05) is 18.2 Å². The Morgan fingerprint density at radius 3 is 2.65 bits per heavy atom. The first-order valence-corrected chi connectivity index (χ1v) is 9.68. The van der Waals surface area contributed by atoms with Gasteiger partial charge in [0.2, 0.25) is 10.0 Å². The lowest BCUT2D eigenvalue weighted by Crippen LogP contribution is -2.29. The Hall–Kier alpha value is -1.31. The van der Waals surface area contributed by atoms with Crippen LogP contribution in [-0.4, -0.2) is 54.2 Å². The normalized spacial score (nSPS) is 15.6. The molecule has 0 bridgehead atoms. The van der Waals surface area contributed by atoms with Crippen LogP contribution in [0.1, 0.15) is 19.3 Å². The first-order chi connectivity index (χ1) is 11.1. The van der Waals surface area contributed by atoms with Crippen LogP contribution in [0.25, 0.3) is 0 Å². The highest BCUT2D eigenvalue weighted by Gasteiger charge is 2.14. The van der Waals surface area contributed by atoms with Gasteiger partial charge in [-0.25, -0.2) is 8.42 Å². The van der Waals surface area contributed by atoms with Crippen LogP contribution in [0.5, 0.6) is 0 Å². The average molecular weight is 342 g/mol. The molecule has 1 aliphatic rings. The molecule has 1 fully saturated rings. The van der Waals surface area contributed by atoms with E-state index in [-0.39, 0.29) is 12.4 Å². The zero-order chi connectivity index (χ0) is 16.5. The highest BCUT2D eigenvalue weighted by atomic mass is 32.2. The number of anilines is 2. The van der Waals surface area contributed by atoms with E-state index in [0.717, 1.165) is 18.8 Å². The molecule has 23 heavy (non-hydrogen) atoms. The summed E-state index contributed by atoms with van der Waals surface area (Å²) in [5, 5.41) is 0. The number of methoxy groups -OCH3 is 1. The molecule has 6 nitrogen and oxygen atoms in total. The van der Waals surface area contributed by atoms with Gasteiger partial charge in [-0.05, 0) is 37.5 Å². The van der Waals surface area contributed by atoms with Crippen LogP contribution in [0.3, 0.4) is 0 Å². The van der Waals surface area contributed by atoms with Crippen molar-refractivity contribution >= 4 is 21.4 Å². The lowest BCUT2D eigenvalue weighted by atomic mass is 10.1. The fourth-order valence-electron chi connectivity index (χ4n) is 2.56. The van der Waals surface area contributed by atoms with Gasteiger partial charge in [0.1, 0.15) is 0 Å². The minimum Gasteiger partial charge on any atom is -0.382 e. The fourth-order valence-corrected chi connectivity index (χ4v) is 3.49. The number of nitrogens with zero attached hydrogens (tertiary/aromatic N) is 1. The monoisotopic (exact) mass is 342 g/mol. The van der Waals surface area contributed by atoms with Gasteiger partial charge in [-0.1, -0.05) is 6.07 Å². The Labute approximate surface area is 138 Å². The van der Waals surface area contributed by atoms with Gasteiger partial charge in [-0.15, -0.1) is 0 Å². The quantitative estimate of drug-likeness (QED) is 0.696. The maximum atomic E-state index is 12.1. The smallest absolute Gasteiger partial charge is 0.235 e. The van der Waals surface area contributed by atoms with Crippen LogP contribution in [0, 0.1) is 0 Å². The SMILES string of the molecule is COCCOCCS(=O)(=O)Nc1cccc(N2CCCCC2)c1. The van der Waals surface area contributed by atoms with Gasteiger partial charge >= 0.3 is 0 Å². The molecule has 0 aromatic heterocycles. The zero-order valence-electron chi connectivity index (χ0n) is 13.7. The summed E-state index contributed by atoms with van der Waals surface area (Å²) < 4.78 is 36.9. The highest BCUT2D eigenvalue weighted by molar-refractivity contribution is 7.92. The van der Waals surface area contributed by atoms with Crippen molar-refractivity contribution in [2.24, 2.45) is 0 Å². The van der Waals surface area contributed by atoms with Crippen LogP contribution in [0.2, 0.25) is 0 Å². The Balaban J connectivity index is 1.88. The second-order valence-electron chi connectivity index (χ2n) is 5.62. The predicted molar refractivity (Wildman–Crippen MR) is 92.6 cm³/mol. The number of benzene rings is 1. The Bertz CT molecular complexity index is 571. The van der Waals surface area contributed by atoms with E-state index in [1.165, 1.54) is 19.3 Å². The lowest BCUT2D eigenvalue weighted by molar-refractivity contribution is 0.0785. The Morgan fingerprint density at radius 1 is 1.13 bits per heavy atom. The molecule has 1 saturated heterocycles. The Kier molecular flexibility index (Phi) is 7.14. The molecule has 1 aliphatic heterocycles. The molecule has 1 aromatic carbocycles.